The average Bonchev–Trinajstić information content (AvgIpc) is 2.74. The Balaban J connectivity index is 2.23. The second-order valence-corrected chi connectivity index (χ2v) is 3.98. The largest absolute Gasteiger partial charge is 0.338 e. The van der Waals surface area contributed by atoms with Crippen molar-refractivity contribution in [2.24, 2.45) is 5.84 Å². The van der Waals surface area contributed by atoms with Gasteiger partial charge >= 0.3 is 0 Å². The molecule has 0 bridgehead atoms. The van der Waals surface area contributed by atoms with Gasteiger partial charge in [-0.25, -0.2) is 0 Å². The molecule has 0 unspecified atom stereocenters. The molecule has 6 heteroatoms. The van der Waals surface area contributed by atoms with Crippen LogP contribution in [0.2, 0.25) is 0 Å². The number of hydrogen-bond donors (Lipinski definition) is 3. The van der Waals surface area contributed by atoms with Gasteiger partial charge in [0.25, 0.3) is 5.91 Å². The summed E-state index contributed by atoms with van der Waals surface area (Å²) in [7, 11) is 0. The van der Waals surface area contributed by atoms with Crippen molar-refractivity contribution in [3.8, 4) is 0 Å². The van der Waals surface area contributed by atoms with E-state index in [-0.39, 0.29) is 5.91 Å². The first-order valence-electron chi connectivity index (χ1n) is 5.42. The Bertz CT molecular complexity index is 577. The fourth-order valence-electron chi connectivity index (χ4n) is 1.58. The molecule has 1 aromatic heterocycles. The minimum absolute atomic E-state index is 0.306. The Kier molecular flexibility index (Phi) is 3.29. The van der Waals surface area contributed by atoms with E-state index in [1.807, 2.05) is 13.0 Å². The number of hydrazine groups is 1. The average molecular weight is 246 g/mol. The third-order valence-electron chi connectivity index (χ3n) is 2.44. The third kappa shape index (κ3) is 2.49. The topological polar surface area (TPSA) is 93.2 Å². The van der Waals surface area contributed by atoms with E-state index in [1.54, 1.807) is 25.1 Å². The molecule has 0 aliphatic carbocycles. The predicted molar refractivity (Wildman–Crippen MR) is 68.2 cm³/mol. The van der Waals surface area contributed by atoms with Crippen LogP contribution >= 0.6 is 0 Å². The maximum atomic E-state index is 12.0. The molecule has 0 aliphatic rings. The van der Waals surface area contributed by atoms with E-state index in [0.29, 0.717) is 22.8 Å². The molecule has 1 aromatic carbocycles. The number of hydrogen-bond acceptors (Lipinski definition) is 5. The summed E-state index contributed by atoms with van der Waals surface area (Å²) in [5, 5.41) is 6.30. The normalized spacial score (nSPS) is 10.2. The molecule has 0 saturated heterocycles. The van der Waals surface area contributed by atoms with Crippen LogP contribution in [-0.2, 0) is 0 Å². The zero-order valence-corrected chi connectivity index (χ0v) is 10.2. The highest BCUT2D eigenvalue weighted by molar-refractivity contribution is 6.07. The molecular weight excluding hydrogens is 232 g/mol. The maximum Gasteiger partial charge on any atom is 0.260 e. The summed E-state index contributed by atoms with van der Waals surface area (Å²) in [4.78, 5) is 12.0. The number of nitrogens with zero attached hydrogens (tertiary/aromatic N) is 1. The highest BCUT2D eigenvalue weighted by Gasteiger charge is 2.13. The molecule has 1 heterocycles. The highest BCUT2D eigenvalue weighted by Crippen LogP contribution is 2.18. The molecule has 0 aliphatic heterocycles. The summed E-state index contributed by atoms with van der Waals surface area (Å²) in [5.74, 6) is 5.39. The van der Waals surface area contributed by atoms with Crippen LogP contribution < -0.4 is 16.6 Å². The Labute approximate surface area is 104 Å². The number of aryl methyl sites for hydroxylation is 2. The van der Waals surface area contributed by atoms with Gasteiger partial charge in [0.2, 0.25) is 5.88 Å². The van der Waals surface area contributed by atoms with E-state index in [2.05, 4.69) is 15.9 Å². The fourth-order valence-corrected chi connectivity index (χ4v) is 1.58. The summed E-state index contributed by atoms with van der Waals surface area (Å²) in [5.41, 5.74) is 5.21. The van der Waals surface area contributed by atoms with E-state index in [0.717, 1.165) is 5.56 Å². The molecule has 0 atom stereocenters. The Hall–Kier alpha value is -2.34. The van der Waals surface area contributed by atoms with Crippen LogP contribution in [0.15, 0.2) is 28.8 Å². The van der Waals surface area contributed by atoms with Crippen LogP contribution in [0.4, 0.5) is 11.6 Å². The number of nitrogens with one attached hydrogen (secondary N) is 2. The van der Waals surface area contributed by atoms with E-state index in [1.165, 1.54) is 0 Å². The Morgan fingerprint density at radius 2 is 2.11 bits per heavy atom. The number of nitrogens with two attached hydrogens (primary N) is 1. The third-order valence-corrected chi connectivity index (χ3v) is 2.44. The standard InChI is InChI=1S/C12H14N4O2/c1-7-3-4-9(10(5-7)15-13)12(17)14-11-6-8(2)16-18-11/h3-6,15H,13H2,1-2H3,(H,14,17). The maximum absolute atomic E-state index is 12.0. The monoisotopic (exact) mass is 246 g/mol. The van der Waals surface area contributed by atoms with Crippen LogP contribution in [0, 0.1) is 13.8 Å². The Morgan fingerprint density at radius 1 is 1.33 bits per heavy atom. The van der Waals surface area contributed by atoms with Gasteiger partial charge in [-0.1, -0.05) is 11.2 Å². The number of benzene rings is 1. The summed E-state index contributed by atoms with van der Waals surface area (Å²) >= 11 is 0. The van der Waals surface area contributed by atoms with Crippen LogP contribution in [0.5, 0.6) is 0 Å². The molecular formula is C12H14N4O2. The van der Waals surface area contributed by atoms with Gasteiger partial charge < -0.3 is 9.95 Å². The van der Waals surface area contributed by atoms with Gasteiger partial charge in [-0.3, -0.25) is 16.0 Å². The van der Waals surface area contributed by atoms with Crippen molar-refractivity contribution in [2.75, 3.05) is 10.7 Å². The second-order valence-electron chi connectivity index (χ2n) is 3.98. The Morgan fingerprint density at radius 3 is 2.72 bits per heavy atom. The summed E-state index contributed by atoms with van der Waals surface area (Å²) in [6.07, 6.45) is 0. The van der Waals surface area contributed by atoms with E-state index < -0.39 is 0 Å². The minimum Gasteiger partial charge on any atom is -0.338 e. The summed E-state index contributed by atoms with van der Waals surface area (Å²) in [6, 6.07) is 6.96. The number of aromatic nitrogens is 1. The van der Waals surface area contributed by atoms with E-state index in [4.69, 9.17) is 10.4 Å². The van der Waals surface area contributed by atoms with Gasteiger partial charge in [0.1, 0.15) is 0 Å². The number of amides is 1. The SMILES string of the molecule is Cc1ccc(C(=O)Nc2cc(C)no2)c(NN)c1. The van der Waals surface area contributed by atoms with Gasteiger partial charge in [0, 0.05) is 6.07 Å². The minimum atomic E-state index is -0.306. The van der Waals surface area contributed by atoms with Crippen molar-refractivity contribution < 1.29 is 9.32 Å². The molecule has 6 nitrogen and oxygen atoms in total. The second kappa shape index (κ2) is 4.89. The molecule has 4 N–H and O–H groups in total. The molecule has 94 valence electrons. The lowest BCUT2D eigenvalue weighted by Gasteiger charge is -2.08. The van der Waals surface area contributed by atoms with E-state index in [9.17, 15) is 4.79 Å². The van der Waals surface area contributed by atoms with Crippen molar-refractivity contribution in [2.45, 2.75) is 13.8 Å². The molecule has 0 saturated carbocycles. The molecule has 18 heavy (non-hydrogen) atoms. The molecule has 0 fully saturated rings. The fraction of sp³-hybridized carbons (Fsp3) is 0.167. The van der Waals surface area contributed by atoms with Crippen molar-refractivity contribution in [1.82, 2.24) is 5.16 Å². The van der Waals surface area contributed by atoms with Crippen LogP contribution in [0.25, 0.3) is 0 Å². The van der Waals surface area contributed by atoms with Gasteiger partial charge in [0.05, 0.1) is 16.9 Å². The van der Waals surface area contributed by atoms with Gasteiger partial charge in [-0.2, -0.15) is 0 Å². The summed E-state index contributed by atoms with van der Waals surface area (Å²) in [6.45, 7) is 3.69. The van der Waals surface area contributed by atoms with Crippen molar-refractivity contribution in [3.63, 3.8) is 0 Å². The highest BCUT2D eigenvalue weighted by atomic mass is 16.5. The van der Waals surface area contributed by atoms with Crippen LogP contribution in [-0.4, -0.2) is 11.1 Å². The van der Waals surface area contributed by atoms with Gasteiger partial charge in [-0.05, 0) is 31.5 Å². The van der Waals surface area contributed by atoms with Crippen LogP contribution in [0.1, 0.15) is 21.6 Å². The number of nitrogen functional groups attached to an aromatic ring is 1. The number of anilines is 2. The summed E-state index contributed by atoms with van der Waals surface area (Å²) < 4.78 is 4.92. The number of carbonyl (C=O) groups is 1. The van der Waals surface area contributed by atoms with Gasteiger partial charge in [0.15, 0.2) is 0 Å². The molecule has 2 rings (SSSR count). The zero-order chi connectivity index (χ0) is 13.1. The number of rotatable bonds is 3. The lowest BCUT2D eigenvalue weighted by atomic mass is 10.1. The molecule has 2 aromatic rings. The number of carbonyl (C=O) groups excluding carboxylic acids is 1. The van der Waals surface area contributed by atoms with Crippen molar-refractivity contribution in [3.05, 3.63) is 41.1 Å². The zero-order valence-electron chi connectivity index (χ0n) is 10.2. The molecule has 1 amide bonds. The van der Waals surface area contributed by atoms with Crippen LogP contribution in [0.3, 0.4) is 0 Å². The van der Waals surface area contributed by atoms with Crippen molar-refractivity contribution >= 4 is 17.5 Å². The van der Waals surface area contributed by atoms with E-state index >= 15 is 0 Å². The first-order valence-corrected chi connectivity index (χ1v) is 5.42. The smallest absolute Gasteiger partial charge is 0.260 e. The lowest BCUT2D eigenvalue weighted by Crippen LogP contribution is -2.17. The predicted octanol–water partition coefficient (Wildman–Crippen LogP) is 1.83. The van der Waals surface area contributed by atoms with Crippen molar-refractivity contribution in [1.29, 1.82) is 0 Å². The first-order chi connectivity index (χ1) is 8.60. The lowest BCUT2D eigenvalue weighted by molar-refractivity contribution is 0.102. The van der Waals surface area contributed by atoms with Gasteiger partial charge in [-0.15, -0.1) is 0 Å². The molecule has 0 radical (unpaired) electrons. The molecule has 0 spiro atoms. The first kappa shape index (κ1) is 12.1. The quantitative estimate of drug-likeness (QED) is 0.567.